The Bertz CT molecular complexity index is 1010. The third kappa shape index (κ3) is 4.75. The number of hydrogen-bond acceptors (Lipinski definition) is 6. The number of nitro groups is 1. The molecule has 0 aliphatic rings. The first kappa shape index (κ1) is 17.8. The number of amides is 1. The quantitative estimate of drug-likeness (QED) is 0.509. The first-order chi connectivity index (χ1) is 13.0. The molecule has 0 saturated carbocycles. The van der Waals surface area contributed by atoms with Gasteiger partial charge in [0.1, 0.15) is 5.75 Å². The van der Waals surface area contributed by atoms with Crippen molar-refractivity contribution in [1.82, 2.24) is 10.2 Å². The standard InChI is InChI=1S/C18H14N4O5/c23-17-9-8-16(20-21-17)12-2-1-3-13(10-12)19-18(24)11-27-15-6-4-14(5-7-15)22(25)26/h1-10H,11H2,(H,19,24)(H,21,23). The molecule has 0 atom stereocenters. The second-order valence-corrected chi connectivity index (χ2v) is 5.48. The summed E-state index contributed by atoms with van der Waals surface area (Å²) in [6, 6.07) is 15.4. The van der Waals surface area contributed by atoms with E-state index in [0.29, 0.717) is 17.1 Å². The van der Waals surface area contributed by atoms with Crippen molar-refractivity contribution in [2.45, 2.75) is 0 Å². The normalized spacial score (nSPS) is 10.2. The average molecular weight is 366 g/mol. The third-order valence-corrected chi connectivity index (χ3v) is 3.54. The van der Waals surface area contributed by atoms with E-state index in [1.165, 1.54) is 30.3 Å². The van der Waals surface area contributed by atoms with Crippen molar-refractivity contribution in [2.24, 2.45) is 0 Å². The molecular weight excluding hydrogens is 352 g/mol. The Balaban J connectivity index is 1.60. The maximum atomic E-state index is 12.0. The summed E-state index contributed by atoms with van der Waals surface area (Å²) in [6.07, 6.45) is 0. The fraction of sp³-hybridized carbons (Fsp3) is 0.0556. The summed E-state index contributed by atoms with van der Waals surface area (Å²) >= 11 is 0. The van der Waals surface area contributed by atoms with E-state index in [9.17, 15) is 19.7 Å². The van der Waals surface area contributed by atoms with Crippen molar-refractivity contribution in [3.05, 3.63) is 81.1 Å². The van der Waals surface area contributed by atoms with Gasteiger partial charge in [0.2, 0.25) is 0 Å². The number of benzene rings is 2. The summed E-state index contributed by atoms with van der Waals surface area (Å²) in [5, 5.41) is 19.6. The molecule has 0 unspecified atom stereocenters. The van der Waals surface area contributed by atoms with E-state index >= 15 is 0 Å². The molecule has 2 N–H and O–H groups in total. The van der Waals surface area contributed by atoms with Gasteiger partial charge >= 0.3 is 0 Å². The summed E-state index contributed by atoms with van der Waals surface area (Å²) in [4.78, 5) is 33.2. The second kappa shape index (κ2) is 7.91. The van der Waals surface area contributed by atoms with Gasteiger partial charge in [-0.2, -0.15) is 5.10 Å². The van der Waals surface area contributed by atoms with Crippen LogP contribution in [0.15, 0.2) is 65.5 Å². The van der Waals surface area contributed by atoms with Crippen molar-refractivity contribution < 1.29 is 14.5 Å². The lowest BCUT2D eigenvalue weighted by molar-refractivity contribution is -0.384. The van der Waals surface area contributed by atoms with Gasteiger partial charge < -0.3 is 10.1 Å². The van der Waals surface area contributed by atoms with E-state index in [4.69, 9.17) is 4.74 Å². The first-order valence-electron chi connectivity index (χ1n) is 7.84. The number of carbonyl (C=O) groups excluding carboxylic acids is 1. The Morgan fingerprint density at radius 3 is 2.59 bits per heavy atom. The maximum Gasteiger partial charge on any atom is 0.269 e. The molecule has 136 valence electrons. The van der Waals surface area contributed by atoms with Crippen LogP contribution in [0.3, 0.4) is 0 Å². The smallest absolute Gasteiger partial charge is 0.269 e. The number of nitrogens with one attached hydrogen (secondary N) is 2. The highest BCUT2D eigenvalue weighted by molar-refractivity contribution is 5.92. The zero-order valence-corrected chi connectivity index (χ0v) is 13.9. The minimum absolute atomic E-state index is 0.0560. The zero-order chi connectivity index (χ0) is 19.2. The van der Waals surface area contributed by atoms with E-state index in [1.807, 2.05) is 0 Å². The molecule has 0 radical (unpaired) electrons. The Kier molecular flexibility index (Phi) is 5.22. The highest BCUT2D eigenvalue weighted by atomic mass is 16.6. The lowest BCUT2D eigenvalue weighted by atomic mass is 10.1. The molecule has 1 aromatic heterocycles. The van der Waals surface area contributed by atoms with E-state index in [2.05, 4.69) is 15.5 Å². The molecule has 3 aromatic rings. The van der Waals surface area contributed by atoms with Crippen LogP contribution in [0.2, 0.25) is 0 Å². The van der Waals surface area contributed by atoms with Crippen LogP contribution >= 0.6 is 0 Å². The van der Waals surface area contributed by atoms with Crippen molar-refractivity contribution in [1.29, 1.82) is 0 Å². The maximum absolute atomic E-state index is 12.0. The van der Waals surface area contributed by atoms with E-state index in [0.717, 1.165) is 5.56 Å². The van der Waals surface area contributed by atoms with E-state index in [-0.39, 0.29) is 23.8 Å². The van der Waals surface area contributed by atoms with Crippen LogP contribution < -0.4 is 15.6 Å². The van der Waals surface area contributed by atoms with Gasteiger partial charge in [0.15, 0.2) is 6.61 Å². The molecule has 0 aliphatic heterocycles. The van der Waals surface area contributed by atoms with Crippen LogP contribution in [0.4, 0.5) is 11.4 Å². The largest absolute Gasteiger partial charge is 0.484 e. The molecule has 0 saturated heterocycles. The topological polar surface area (TPSA) is 127 Å². The molecule has 27 heavy (non-hydrogen) atoms. The zero-order valence-electron chi connectivity index (χ0n) is 13.9. The van der Waals surface area contributed by atoms with E-state index in [1.54, 1.807) is 30.3 Å². The number of nitro benzene ring substituents is 1. The van der Waals surface area contributed by atoms with Gasteiger partial charge in [-0.3, -0.25) is 19.7 Å². The molecule has 1 amide bonds. The molecule has 0 bridgehead atoms. The SMILES string of the molecule is O=C(COc1ccc([N+](=O)[O-])cc1)Nc1cccc(-c2ccc(=O)[nH]n2)c1. The molecule has 3 rings (SSSR count). The number of carbonyl (C=O) groups is 1. The number of anilines is 1. The van der Waals surface area contributed by atoms with Gasteiger partial charge in [0, 0.05) is 29.4 Å². The number of aromatic amines is 1. The predicted octanol–water partition coefficient (Wildman–Crippen LogP) is 2.36. The number of non-ortho nitro benzene ring substituents is 1. The summed E-state index contributed by atoms with van der Waals surface area (Å²) < 4.78 is 5.32. The monoisotopic (exact) mass is 366 g/mol. The molecule has 9 nitrogen and oxygen atoms in total. The minimum Gasteiger partial charge on any atom is -0.484 e. The Morgan fingerprint density at radius 2 is 1.93 bits per heavy atom. The van der Waals surface area contributed by atoms with E-state index < -0.39 is 4.92 Å². The van der Waals surface area contributed by atoms with Crippen LogP contribution in [-0.2, 0) is 4.79 Å². The van der Waals surface area contributed by atoms with Crippen LogP contribution in [0.25, 0.3) is 11.3 Å². The van der Waals surface area contributed by atoms with Crippen LogP contribution in [0.1, 0.15) is 0 Å². The molecule has 0 spiro atoms. The minimum atomic E-state index is -0.513. The van der Waals surface area contributed by atoms with Crippen molar-refractivity contribution in [3.63, 3.8) is 0 Å². The Hall–Kier alpha value is -4.01. The predicted molar refractivity (Wildman–Crippen MR) is 97.5 cm³/mol. The summed E-state index contributed by atoms with van der Waals surface area (Å²) in [7, 11) is 0. The van der Waals surface area contributed by atoms with Crippen LogP contribution in [0, 0.1) is 10.1 Å². The lowest BCUT2D eigenvalue weighted by Gasteiger charge is -2.08. The molecule has 0 fully saturated rings. The number of aromatic nitrogens is 2. The van der Waals surface area contributed by atoms with Gasteiger partial charge in [0.25, 0.3) is 17.2 Å². The number of hydrogen-bond donors (Lipinski definition) is 2. The molecule has 1 heterocycles. The van der Waals surface area contributed by atoms with Gasteiger partial charge in [-0.15, -0.1) is 0 Å². The molecular formula is C18H14N4O5. The Morgan fingerprint density at radius 1 is 1.15 bits per heavy atom. The van der Waals surface area contributed by atoms with Crippen molar-refractivity contribution in [2.75, 3.05) is 11.9 Å². The summed E-state index contributed by atoms with van der Waals surface area (Å²) in [6.45, 7) is -0.251. The van der Waals surface area contributed by atoms with Gasteiger partial charge in [-0.1, -0.05) is 12.1 Å². The number of nitrogens with zero attached hydrogens (tertiary/aromatic N) is 2. The van der Waals surface area contributed by atoms with Gasteiger partial charge in [-0.25, -0.2) is 5.10 Å². The van der Waals surface area contributed by atoms with Gasteiger partial charge in [-0.05, 0) is 30.3 Å². The molecule has 0 aliphatic carbocycles. The summed E-state index contributed by atoms with van der Waals surface area (Å²) in [5.41, 5.74) is 1.47. The summed E-state index contributed by atoms with van der Waals surface area (Å²) in [5.74, 6) is -0.0399. The highest BCUT2D eigenvalue weighted by Gasteiger charge is 2.08. The number of ether oxygens (including phenoxy) is 1. The average Bonchev–Trinajstić information content (AvgIpc) is 2.67. The van der Waals surface area contributed by atoms with Crippen molar-refractivity contribution in [3.8, 4) is 17.0 Å². The number of rotatable bonds is 6. The van der Waals surface area contributed by atoms with Crippen LogP contribution in [0.5, 0.6) is 5.75 Å². The third-order valence-electron chi connectivity index (χ3n) is 3.54. The Labute approximate surface area is 152 Å². The van der Waals surface area contributed by atoms with Gasteiger partial charge in [0.05, 0.1) is 10.6 Å². The second-order valence-electron chi connectivity index (χ2n) is 5.48. The number of H-pyrrole nitrogens is 1. The first-order valence-corrected chi connectivity index (χ1v) is 7.84. The molecule has 9 heteroatoms. The highest BCUT2D eigenvalue weighted by Crippen LogP contribution is 2.20. The fourth-order valence-corrected chi connectivity index (χ4v) is 2.27. The molecule has 2 aromatic carbocycles. The van der Waals surface area contributed by atoms with Crippen LogP contribution in [-0.4, -0.2) is 27.6 Å². The fourth-order valence-electron chi connectivity index (χ4n) is 2.27. The lowest BCUT2D eigenvalue weighted by Crippen LogP contribution is -2.20. The van der Waals surface area contributed by atoms with Crippen molar-refractivity contribution >= 4 is 17.3 Å².